The van der Waals surface area contributed by atoms with Crippen LogP contribution in [0.3, 0.4) is 0 Å². The summed E-state index contributed by atoms with van der Waals surface area (Å²) in [6.07, 6.45) is 4.14. The molecular formula is C15H18ClNO3. The van der Waals surface area contributed by atoms with Gasteiger partial charge in [-0.05, 0) is 42.9 Å². The summed E-state index contributed by atoms with van der Waals surface area (Å²) in [5.74, 6) is 2.18. The van der Waals surface area contributed by atoms with Crippen molar-refractivity contribution in [1.82, 2.24) is 5.32 Å². The van der Waals surface area contributed by atoms with Crippen LogP contribution in [0.5, 0.6) is 11.5 Å². The number of halogens is 1. The summed E-state index contributed by atoms with van der Waals surface area (Å²) in [6, 6.07) is 4.42. The molecule has 0 aromatic heterocycles. The van der Waals surface area contributed by atoms with Crippen LogP contribution in [0.15, 0.2) is 12.1 Å². The minimum Gasteiger partial charge on any atom is -0.454 e. The second-order valence-corrected chi connectivity index (χ2v) is 6.17. The van der Waals surface area contributed by atoms with E-state index in [0.29, 0.717) is 22.9 Å². The van der Waals surface area contributed by atoms with Gasteiger partial charge >= 0.3 is 0 Å². The van der Waals surface area contributed by atoms with Crippen LogP contribution in [-0.4, -0.2) is 25.5 Å². The van der Waals surface area contributed by atoms with Gasteiger partial charge < -0.3 is 19.5 Å². The molecule has 20 heavy (non-hydrogen) atoms. The Kier molecular flexibility index (Phi) is 3.25. The molecule has 2 fully saturated rings. The molecule has 1 N–H and O–H groups in total. The Morgan fingerprint density at radius 2 is 2.10 bits per heavy atom. The molecule has 2 aliphatic heterocycles. The zero-order valence-corrected chi connectivity index (χ0v) is 12.0. The van der Waals surface area contributed by atoms with Gasteiger partial charge in [-0.3, -0.25) is 0 Å². The molecule has 0 bridgehead atoms. The topological polar surface area (TPSA) is 39.7 Å². The number of benzene rings is 1. The Morgan fingerprint density at radius 3 is 2.95 bits per heavy atom. The number of fused-ring (bicyclic) bond motifs is 1. The van der Waals surface area contributed by atoms with Crippen LogP contribution in [0.1, 0.15) is 24.8 Å². The van der Waals surface area contributed by atoms with Gasteiger partial charge in [-0.25, -0.2) is 0 Å². The van der Waals surface area contributed by atoms with Gasteiger partial charge in [0.15, 0.2) is 11.5 Å². The molecule has 1 saturated heterocycles. The molecule has 0 radical (unpaired) electrons. The normalized spacial score (nSPS) is 28.1. The molecule has 2 heterocycles. The summed E-state index contributed by atoms with van der Waals surface area (Å²) < 4.78 is 16.6. The van der Waals surface area contributed by atoms with Crippen LogP contribution in [0.25, 0.3) is 0 Å². The van der Waals surface area contributed by atoms with Crippen molar-refractivity contribution in [2.24, 2.45) is 5.92 Å². The molecule has 5 heteroatoms. The monoisotopic (exact) mass is 295 g/mol. The van der Waals surface area contributed by atoms with Gasteiger partial charge in [-0.1, -0.05) is 11.6 Å². The second-order valence-electron chi connectivity index (χ2n) is 5.76. The first-order valence-corrected chi connectivity index (χ1v) is 7.62. The highest BCUT2D eigenvalue weighted by molar-refractivity contribution is 6.32. The van der Waals surface area contributed by atoms with E-state index in [1.165, 1.54) is 12.8 Å². The fraction of sp³-hybridized carbons (Fsp3) is 0.600. The lowest BCUT2D eigenvalue weighted by Gasteiger charge is -2.19. The summed E-state index contributed by atoms with van der Waals surface area (Å²) in [5.41, 5.74) is 1.13. The van der Waals surface area contributed by atoms with Gasteiger partial charge in [0, 0.05) is 19.2 Å². The Labute approximate surface area is 123 Å². The van der Waals surface area contributed by atoms with Crippen LogP contribution in [0.4, 0.5) is 0 Å². The minimum atomic E-state index is 0.256. The Balaban J connectivity index is 1.43. The average molecular weight is 296 g/mol. The van der Waals surface area contributed by atoms with E-state index >= 15 is 0 Å². The maximum Gasteiger partial charge on any atom is 0.231 e. The lowest BCUT2D eigenvalue weighted by atomic mass is 10.1. The third-order valence-electron chi connectivity index (χ3n) is 4.28. The zero-order valence-electron chi connectivity index (χ0n) is 11.2. The number of hydrogen-bond acceptors (Lipinski definition) is 4. The minimum absolute atomic E-state index is 0.256. The molecule has 1 aromatic rings. The van der Waals surface area contributed by atoms with Crippen LogP contribution >= 0.6 is 11.6 Å². The zero-order chi connectivity index (χ0) is 13.5. The molecule has 0 spiro atoms. The summed E-state index contributed by atoms with van der Waals surface area (Å²) in [4.78, 5) is 0. The fourth-order valence-electron chi connectivity index (χ4n) is 3.09. The third kappa shape index (κ3) is 2.36. The van der Waals surface area contributed by atoms with E-state index in [9.17, 15) is 0 Å². The molecule has 2 atom stereocenters. The van der Waals surface area contributed by atoms with Gasteiger partial charge in [-0.2, -0.15) is 0 Å². The van der Waals surface area contributed by atoms with Crippen molar-refractivity contribution < 1.29 is 14.2 Å². The van der Waals surface area contributed by atoms with Crippen LogP contribution < -0.4 is 14.8 Å². The predicted octanol–water partition coefficient (Wildman–Crippen LogP) is 2.73. The van der Waals surface area contributed by atoms with Gasteiger partial charge in [0.05, 0.1) is 11.1 Å². The Hall–Kier alpha value is -0.970. The predicted molar refractivity (Wildman–Crippen MR) is 75.3 cm³/mol. The molecule has 4 nitrogen and oxygen atoms in total. The van der Waals surface area contributed by atoms with Crippen molar-refractivity contribution >= 4 is 11.6 Å². The van der Waals surface area contributed by atoms with E-state index in [1.807, 2.05) is 12.1 Å². The standard InChI is InChI=1S/C15H18ClNO3/c16-11-5-9(6-13-15(11)20-8-19-13)7-17-12-3-4-18-14(12)10-1-2-10/h5-6,10,12,14,17H,1-4,7-8H2. The second kappa shape index (κ2) is 5.10. The highest BCUT2D eigenvalue weighted by Crippen LogP contribution is 2.40. The summed E-state index contributed by atoms with van der Waals surface area (Å²) in [6.45, 7) is 1.92. The van der Waals surface area contributed by atoms with Crippen molar-refractivity contribution in [2.45, 2.75) is 38.0 Å². The first-order chi connectivity index (χ1) is 9.81. The number of rotatable bonds is 4. The van der Waals surface area contributed by atoms with Gasteiger partial charge in [0.1, 0.15) is 0 Å². The molecule has 0 amide bonds. The molecule has 2 unspecified atom stereocenters. The maximum atomic E-state index is 6.20. The largest absolute Gasteiger partial charge is 0.454 e. The van der Waals surface area contributed by atoms with Gasteiger partial charge in [-0.15, -0.1) is 0 Å². The summed E-state index contributed by atoms with van der Waals surface area (Å²) >= 11 is 6.20. The van der Waals surface area contributed by atoms with E-state index in [0.717, 1.165) is 36.8 Å². The first-order valence-electron chi connectivity index (χ1n) is 7.24. The van der Waals surface area contributed by atoms with Crippen LogP contribution in [-0.2, 0) is 11.3 Å². The first kappa shape index (κ1) is 12.7. The van der Waals surface area contributed by atoms with Crippen LogP contribution in [0.2, 0.25) is 5.02 Å². The number of hydrogen-bond donors (Lipinski definition) is 1. The highest BCUT2D eigenvalue weighted by atomic mass is 35.5. The quantitative estimate of drug-likeness (QED) is 0.927. The van der Waals surface area contributed by atoms with E-state index < -0.39 is 0 Å². The molecule has 3 aliphatic rings. The van der Waals surface area contributed by atoms with E-state index in [4.69, 9.17) is 25.8 Å². The van der Waals surface area contributed by atoms with Crippen molar-refractivity contribution in [3.05, 3.63) is 22.7 Å². The third-order valence-corrected chi connectivity index (χ3v) is 4.56. The molecule has 4 rings (SSSR count). The molecule has 1 saturated carbocycles. The molecular weight excluding hydrogens is 278 g/mol. The summed E-state index contributed by atoms with van der Waals surface area (Å²) in [7, 11) is 0. The lowest BCUT2D eigenvalue weighted by molar-refractivity contribution is 0.0809. The van der Waals surface area contributed by atoms with E-state index in [1.54, 1.807) is 0 Å². The summed E-state index contributed by atoms with van der Waals surface area (Å²) in [5, 5.41) is 4.23. The SMILES string of the molecule is Clc1cc(CNC2CCOC2C2CC2)cc2c1OCO2. The van der Waals surface area contributed by atoms with Crippen molar-refractivity contribution in [1.29, 1.82) is 0 Å². The van der Waals surface area contributed by atoms with Gasteiger partial charge in [0.2, 0.25) is 6.79 Å². The highest BCUT2D eigenvalue weighted by Gasteiger charge is 2.40. The molecule has 1 aliphatic carbocycles. The number of ether oxygens (including phenoxy) is 3. The van der Waals surface area contributed by atoms with E-state index in [2.05, 4.69) is 5.32 Å². The maximum absolute atomic E-state index is 6.20. The molecule has 108 valence electrons. The Bertz CT molecular complexity index is 518. The van der Waals surface area contributed by atoms with Crippen molar-refractivity contribution in [3.63, 3.8) is 0 Å². The van der Waals surface area contributed by atoms with Crippen molar-refractivity contribution in [2.75, 3.05) is 13.4 Å². The number of nitrogens with one attached hydrogen (secondary N) is 1. The lowest BCUT2D eigenvalue weighted by Crippen LogP contribution is -2.37. The smallest absolute Gasteiger partial charge is 0.231 e. The Morgan fingerprint density at radius 1 is 1.20 bits per heavy atom. The van der Waals surface area contributed by atoms with Gasteiger partial charge in [0.25, 0.3) is 0 Å². The van der Waals surface area contributed by atoms with Crippen LogP contribution in [0, 0.1) is 5.92 Å². The van der Waals surface area contributed by atoms with Crippen molar-refractivity contribution in [3.8, 4) is 11.5 Å². The fourth-order valence-corrected chi connectivity index (χ4v) is 3.38. The molecule has 1 aromatic carbocycles. The average Bonchev–Trinajstić information content (AvgIpc) is 3.00. The van der Waals surface area contributed by atoms with E-state index in [-0.39, 0.29) is 6.79 Å².